The number of hydrogen-bond donors (Lipinski definition) is 2. The van der Waals surface area contributed by atoms with E-state index in [2.05, 4.69) is 52.6 Å². The van der Waals surface area contributed by atoms with Crippen LogP contribution < -0.4 is 15.5 Å². The third kappa shape index (κ3) is 4.53. The molecule has 2 atom stereocenters. The van der Waals surface area contributed by atoms with Crippen LogP contribution >= 0.6 is 0 Å². The molecule has 2 N–H and O–H groups in total. The molecule has 1 amide bonds. The van der Waals surface area contributed by atoms with Crippen molar-refractivity contribution in [2.24, 2.45) is 11.8 Å². The predicted molar refractivity (Wildman–Crippen MR) is 123 cm³/mol. The van der Waals surface area contributed by atoms with E-state index in [1.54, 1.807) is 6.20 Å². The van der Waals surface area contributed by atoms with Gasteiger partial charge in [0.2, 0.25) is 5.95 Å². The van der Waals surface area contributed by atoms with Crippen LogP contribution in [0.3, 0.4) is 0 Å². The number of hydrogen-bond acceptors (Lipinski definition) is 5. The molecule has 0 bridgehead atoms. The van der Waals surface area contributed by atoms with Crippen LogP contribution in [-0.2, 0) is 6.54 Å². The van der Waals surface area contributed by atoms with Gasteiger partial charge >= 0.3 is 0 Å². The number of aryl methyl sites for hydroxylation is 2. The summed E-state index contributed by atoms with van der Waals surface area (Å²) in [6.07, 6.45) is 8.83. The Morgan fingerprint density at radius 3 is 2.61 bits per heavy atom. The van der Waals surface area contributed by atoms with Crippen molar-refractivity contribution in [3.05, 3.63) is 46.6 Å². The summed E-state index contributed by atoms with van der Waals surface area (Å²) in [5.74, 6) is 2.93. The lowest BCUT2D eigenvalue weighted by Crippen LogP contribution is -2.37. The third-order valence-electron chi connectivity index (χ3n) is 7.25. The number of nitrogens with zero attached hydrogens (tertiary/aromatic N) is 3. The van der Waals surface area contributed by atoms with Crippen molar-refractivity contribution < 1.29 is 4.79 Å². The Morgan fingerprint density at radius 2 is 1.87 bits per heavy atom. The standard InChI is InChI=1S/C25H33N5O/c1-16-8-9-18(10-17(16)2)12-26-23-22(24(31)28-21-6-4-3-5-7-21)13-27-25(29-23)30-14-19-11-20(19)15-30/h8-10,13,19-21H,3-7,11-12,14-15H2,1-2H3,(H,28,31)(H,26,27,29). The molecule has 2 heterocycles. The average molecular weight is 420 g/mol. The second-order valence-corrected chi connectivity index (χ2v) is 9.67. The molecule has 3 fully saturated rings. The molecule has 1 aromatic heterocycles. The zero-order valence-electron chi connectivity index (χ0n) is 18.7. The lowest BCUT2D eigenvalue weighted by molar-refractivity contribution is 0.0928. The van der Waals surface area contributed by atoms with Crippen molar-refractivity contribution in [1.29, 1.82) is 0 Å². The van der Waals surface area contributed by atoms with E-state index in [1.165, 1.54) is 42.4 Å². The Morgan fingerprint density at radius 1 is 1.10 bits per heavy atom. The molecule has 2 aromatic rings. The van der Waals surface area contributed by atoms with E-state index in [9.17, 15) is 4.79 Å². The summed E-state index contributed by atoms with van der Waals surface area (Å²) in [6, 6.07) is 6.73. The smallest absolute Gasteiger partial charge is 0.256 e. The van der Waals surface area contributed by atoms with Crippen LogP contribution in [0.25, 0.3) is 0 Å². The molecular formula is C25H33N5O. The highest BCUT2D eigenvalue weighted by molar-refractivity contribution is 5.98. The van der Waals surface area contributed by atoms with Gasteiger partial charge in [0, 0.05) is 31.9 Å². The van der Waals surface area contributed by atoms with Gasteiger partial charge in [0.05, 0.1) is 0 Å². The first-order valence-electron chi connectivity index (χ1n) is 11.8. The van der Waals surface area contributed by atoms with Gasteiger partial charge in [-0.05, 0) is 61.6 Å². The van der Waals surface area contributed by atoms with Crippen LogP contribution in [0.15, 0.2) is 24.4 Å². The van der Waals surface area contributed by atoms with Crippen LogP contribution in [0.5, 0.6) is 0 Å². The normalized spacial score (nSPS) is 22.8. The minimum absolute atomic E-state index is 0.0645. The fraction of sp³-hybridized carbons (Fsp3) is 0.560. The molecule has 1 aromatic carbocycles. The summed E-state index contributed by atoms with van der Waals surface area (Å²) in [4.78, 5) is 24.8. The Hall–Kier alpha value is -2.63. The maximum absolute atomic E-state index is 13.1. The highest BCUT2D eigenvalue weighted by Crippen LogP contribution is 2.45. The van der Waals surface area contributed by atoms with Gasteiger partial charge in [0.15, 0.2) is 0 Å². The molecule has 3 aliphatic rings. The van der Waals surface area contributed by atoms with Crippen LogP contribution in [0.4, 0.5) is 11.8 Å². The summed E-state index contributed by atoms with van der Waals surface area (Å²) < 4.78 is 0. The van der Waals surface area contributed by atoms with E-state index in [4.69, 9.17) is 4.98 Å². The van der Waals surface area contributed by atoms with Crippen molar-refractivity contribution in [2.45, 2.75) is 65.0 Å². The molecule has 164 valence electrons. The maximum atomic E-state index is 13.1. The highest BCUT2D eigenvalue weighted by atomic mass is 16.1. The molecule has 2 aliphatic carbocycles. The number of amides is 1. The van der Waals surface area contributed by atoms with Crippen LogP contribution in [0.1, 0.15) is 65.6 Å². The van der Waals surface area contributed by atoms with E-state index in [0.717, 1.165) is 43.7 Å². The molecular weight excluding hydrogens is 386 g/mol. The number of piperidine rings is 1. The summed E-state index contributed by atoms with van der Waals surface area (Å²) in [5.41, 5.74) is 4.29. The minimum Gasteiger partial charge on any atom is -0.365 e. The summed E-state index contributed by atoms with van der Waals surface area (Å²) in [5, 5.41) is 6.66. The molecule has 0 radical (unpaired) electrons. The molecule has 6 heteroatoms. The number of anilines is 2. The fourth-order valence-electron chi connectivity index (χ4n) is 5.00. The van der Waals surface area contributed by atoms with E-state index in [1.807, 2.05) is 0 Å². The number of carbonyl (C=O) groups is 1. The molecule has 0 spiro atoms. The summed E-state index contributed by atoms with van der Waals surface area (Å²) in [7, 11) is 0. The monoisotopic (exact) mass is 419 g/mol. The van der Waals surface area contributed by atoms with Crippen molar-refractivity contribution in [3.63, 3.8) is 0 Å². The zero-order chi connectivity index (χ0) is 21.4. The van der Waals surface area contributed by atoms with Crippen molar-refractivity contribution >= 4 is 17.7 Å². The van der Waals surface area contributed by atoms with Gasteiger partial charge < -0.3 is 15.5 Å². The molecule has 6 nitrogen and oxygen atoms in total. The summed E-state index contributed by atoms with van der Waals surface area (Å²) in [6.45, 7) is 6.96. The Kier molecular flexibility index (Phi) is 5.55. The molecule has 5 rings (SSSR count). The Balaban J connectivity index is 1.36. The quantitative estimate of drug-likeness (QED) is 0.733. The Labute approximate surface area is 184 Å². The molecule has 1 aliphatic heterocycles. The molecule has 2 saturated carbocycles. The lowest BCUT2D eigenvalue weighted by atomic mass is 9.95. The van der Waals surface area contributed by atoms with Gasteiger partial charge in [-0.2, -0.15) is 4.98 Å². The summed E-state index contributed by atoms with van der Waals surface area (Å²) >= 11 is 0. The second-order valence-electron chi connectivity index (χ2n) is 9.67. The first-order chi connectivity index (χ1) is 15.1. The second kappa shape index (κ2) is 8.48. The van der Waals surface area contributed by atoms with Crippen molar-refractivity contribution in [3.8, 4) is 0 Å². The van der Waals surface area contributed by atoms with Crippen LogP contribution in [0, 0.1) is 25.7 Å². The number of benzene rings is 1. The van der Waals surface area contributed by atoms with Crippen molar-refractivity contribution in [2.75, 3.05) is 23.3 Å². The fourth-order valence-corrected chi connectivity index (χ4v) is 5.00. The number of nitrogens with one attached hydrogen (secondary N) is 2. The molecule has 1 saturated heterocycles. The number of fused-ring (bicyclic) bond motifs is 1. The minimum atomic E-state index is -0.0645. The van der Waals surface area contributed by atoms with Gasteiger partial charge in [-0.25, -0.2) is 4.98 Å². The first-order valence-corrected chi connectivity index (χ1v) is 11.8. The third-order valence-corrected chi connectivity index (χ3v) is 7.25. The first kappa shape index (κ1) is 20.3. The molecule has 2 unspecified atom stereocenters. The van der Waals surface area contributed by atoms with E-state index in [-0.39, 0.29) is 11.9 Å². The zero-order valence-corrected chi connectivity index (χ0v) is 18.7. The number of aromatic nitrogens is 2. The van der Waals surface area contributed by atoms with Crippen LogP contribution in [-0.4, -0.2) is 35.0 Å². The van der Waals surface area contributed by atoms with Crippen molar-refractivity contribution in [1.82, 2.24) is 15.3 Å². The number of carbonyl (C=O) groups excluding carboxylic acids is 1. The number of rotatable bonds is 6. The SMILES string of the molecule is Cc1ccc(CNc2nc(N3CC4CC4C3)ncc2C(=O)NC2CCCCC2)cc1C. The van der Waals surface area contributed by atoms with Gasteiger partial charge in [-0.1, -0.05) is 37.5 Å². The molecule has 31 heavy (non-hydrogen) atoms. The van der Waals surface area contributed by atoms with E-state index >= 15 is 0 Å². The largest absolute Gasteiger partial charge is 0.365 e. The van der Waals surface area contributed by atoms with E-state index < -0.39 is 0 Å². The van der Waals surface area contributed by atoms with Gasteiger partial charge in [-0.3, -0.25) is 4.79 Å². The topological polar surface area (TPSA) is 70.2 Å². The average Bonchev–Trinajstić information content (AvgIpc) is 3.39. The predicted octanol–water partition coefficient (Wildman–Crippen LogP) is 4.22. The van der Waals surface area contributed by atoms with Gasteiger partial charge in [0.1, 0.15) is 11.4 Å². The highest BCUT2D eigenvalue weighted by Gasteiger charge is 2.46. The van der Waals surface area contributed by atoms with Gasteiger partial charge in [-0.15, -0.1) is 0 Å². The van der Waals surface area contributed by atoms with E-state index in [0.29, 0.717) is 17.9 Å². The Bertz CT molecular complexity index is 958. The van der Waals surface area contributed by atoms with Gasteiger partial charge in [0.25, 0.3) is 5.91 Å². The van der Waals surface area contributed by atoms with Crippen LogP contribution in [0.2, 0.25) is 0 Å². The lowest BCUT2D eigenvalue weighted by Gasteiger charge is -2.24. The maximum Gasteiger partial charge on any atom is 0.256 e.